The van der Waals surface area contributed by atoms with E-state index in [1.807, 2.05) is 13.0 Å². The molecule has 2 fully saturated rings. The van der Waals surface area contributed by atoms with Gasteiger partial charge in [0.25, 0.3) is 0 Å². The zero-order chi connectivity index (χ0) is 15.7. The second kappa shape index (κ2) is 4.47. The highest BCUT2D eigenvalue weighted by Gasteiger charge is 2.65. The number of aliphatic hydroxyl groups excluding tert-OH is 2. The highest BCUT2D eigenvalue weighted by Crippen LogP contribution is 2.63. The number of aromatic hydroxyl groups is 1. The lowest BCUT2D eigenvalue weighted by atomic mass is 9.52. The first-order valence-corrected chi connectivity index (χ1v) is 8.27. The van der Waals surface area contributed by atoms with E-state index in [0.717, 1.165) is 24.0 Å². The summed E-state index contributed by atoms with van der Waals surface area (Å²) in [7, 11) is 0. The maximum Gasteiger partial charge on any atom is 0.115 e. The van der Waals surface area contributed by atoms with Crippen molar-refractivity contribution in [1.29, 1.82) is 0 Å². The Labute approximate surface area is 130 Å². The molecule has 22 heavy (non-hydrogen) atoms. The molecule has 4 heteroatoms. The van der Waals surface area contributed by atoms with Crippen LogP contribution in [-0.4, -0.2) is 38.2 Å². The number of hydrogen-bond acceptors (Lipinski definition) is 4. The summed E-state index contributed by atoms with van der Waals surface area (Å²) in [5.74, 6) is 0.0863. The van der Waals surface area contributed by atoms with Crippen LogP contribution in [-0.2, 0) is 6.42 Å². The van der Waals surface area contributed by atoms with Crippen molar-refractivity contribution in [1.82, 2.24) is 0 Å². The van der Waals surface area contributed by atoms with E-state index in [2.05, 4.69) is 0 Å². The Morgan fingerprint density at radius 1 is 1.14 bits per heavy atom. The summed E-state index contributed by atoms with van der Waals surface area (Å²) < 4.78 is 0. The second-order valence-electron chi connectivity index (χ2n) is 7.72. The molecular formula is C18H24O4. The third-order valence-corrected chi connectivity index (χ3v) is 6.85. The molecule has 0 aliphatic heterocycles. The van der Waals surface area contributed by atoms with Gasteiger partial charge in [-0.2, -0.15) is 0 Å². The van der Waals surface area contributed by atoms with Crippen LogP contribution in [0.4, 0.5) is 0 Å². The summed E-state index contributed by atoms with van der Waals surface area (Å²) in [6.45, 7) is 1.97. The number of fused-ring (bicyclic) bond motifs is 5. The fourth-order valence-electron chi connectivity index (χ4n) is 5.57. The lowest BCUT2D eigenvalue weighted by molar-refractivity contribution is -0.187. The molecule has 0 unspecified atom stereocenters. The molecular weight excluding hydrogens is 280 g/mol. The first kappa shape index (κ1) is 14.5. The number of aliphatic hydroxyl groups is 3. The predicted octanol–water partition coefficient (Wildman–Crippen LogP) is 1.69. The third-order valence-electron chi connectivity index (χ3n) is 6.85. The van der Waals surface area contributed by atoms with Crippen LogP contribution >= 0.6 is 0 Å². The van der Waals surface area contributed by atoms with Crippen molar-refractivity contribution in [2.45, 2.75) is 62.8 Å². The zero-order valence-corrected chi connectivity index (χ0v) is 12.9. The maximum absolute atomic E-state index is 11.4. The van der Waals surface area contributed by atoms with Crippen LogP contribution in [0.15, 0.2) is 18.2 Å². The van der Waals surface area contributed by atoms with Crippen molar-refractivity contribution in [3.8, 4) is 5.75 Å². The van der Waals surface area contributed by atoms with E-state index in [4.69, 9.17) is 0 Å². The fraction of sp³-hybridized carbons (Fsp3) is 0.667. The van der Waals surface area contributed by atoms with E-state index in [-0.39, 0.29) is 17.6 Å². The minimum Gasteiger partial charge on any atom is -0.508 e. The Morgan fingerprint density at radius 2 is 1.91 bits per heavy atom. The highest BCUT2D eigenvalue weighted by molar-refractivity contribution is 5.42. The summed E-state index contributed by atoms with van der Waals surface area (Å²) in [5, 5.41) is 42.2. The van der Waals surface area contributed by atoms with E-state index in [1.165, 1.54) is 0 Å². The molecule has 0 spiro atoms. The van der Waals surface area contributed by atoms with Gasteiger partial charge in [0.05, 0.1) is 17.8 Å². The van der Waals surface area contributed by atoms with Crippen LogP contribution in [0.5, 0.6) is 5.75 Å². The van der Waals surface area contributed by atoms with E-state index in [9.17, 15) is 20.4 Å². The van der Waals surface area contributed by atoms with E-state index in [1.54, 1.807) is 12.1 Å². The van der Waals surface area contributed by atoms with Crippen molar-refractivity contribution in [3.63, 3.8) is 0 Å². The summed E-state index contributed by atoms with van der Waals surface area (Å²) in [5.41, 5.74) is 0.595. The molecule has 4 N–H and O–H groups in total. The van der Waals surface area contributed by atoms with E-state index in [0.29, 0.717) is 19.3 Å². The van der Waals surface area contributed by atoms with Crippen molar-refractivity contribution < 1.29 is 20.4 Å². The summed E-state index contributed by atoms with van der Waals surface area (Å²) in [6, 6.07) is 5.36. The number of phenolic OH excluding ortho intramolecular Hbond substituents is 1. The predicted molar refractivity (Wildman–Crippen MR) is 81.6 cm³/mol. The Kier molecular flexibility index (Phi) is 2.94. The summed E-state index contributed by atoms with van der Waals surface area (Å²) >= 11 is 0. The van der Waals surface area contributed by atoms with Crippen LogP contribution in [0.3, 0.4) is 0 Å². The van der Waals surface area contributed by atoms with Crippen LogP contribution in [0.1, 0.15) is 49.7 Å². The Balaban J connectivity index is 1.82. The molecule has 3 aliphatic carbocycles. The largest absolute Gasteiger partial charge is 0.508 e. The third kappa shape index (κ3) is 1.63. The van der Waals surface area contributed by atoms with Gasteiger partial charge in [0.1, 0.15) is 5.75 Å². The fourth-order valence-corrected chi connectivity index (χ4v) is 5.57. The van der Waals surface area contributed by atoms with Gasteiger partial charge in [0.2, 0.25) is 0 Å². The SMILES string of the molecule is C[C@]12CC[C@@H]3c4ccc(O)cc4C[C@@H](O)[C@H]3[C@]1(O)CC[C@@H]2O. The average molecular weight is 304 g/mol. The standard InChI is InChI=1S/C18H24O4/c1-17-6-4-13-12-3-2-11(19)8-10(12)9-14(20)16(13)18(17,22)7-5-15(17)21/h2-3,8,13-16,19-22H,4-7,9H2,1H3/t13-,14-,15+,16+,17-,18-/m1/s1. The van der Waals surface area contributed by atoms with E-state index < -0.39 is 23.2 Å². The van der Waals surface area contributed by atoms with Gasteiger partial charge >= 0.3 is 0 Å². The number of hydrogen-bond donors (Lipinski definition) is 4. The highest BCUT2D eigenvalue weighted by atomic mass is 16.3. The lowest BCUT2D eigenvalue weighted by Gasteiger charge is -2.56. The number of rotatable bonds is 0. The topological polar surface area (TPSA) is 80.9 Å². The van der Waals surface area contributed by atoms with Gasteiger partial charge in [-0.05, 0) is 61.3 Å². The molecule has 4 rings (SSSR count). The molecule has 1 aromatic rings. The van der Waals surface area contributed by atoms with Gasteiger partial charge in [-0.3, -0.25) is 0 Å². The quantitative estimate of drug-likeness (QED) is 0.588. The van der Waals surface area contributed by atoms with Gasteiger partial charge < -0.3 is 20.4 Å². The molecule has 0 amide bonds. The van der Waals surface area contributed by atoms with Crippen LogP contribution < -0.4 is 0 Å². The molecule has 0 aromatic heterocycles. The molecule has 0 heterocycles. The smallest absolute Gasteiger partial charge is 0.115 e. The van der Waals surface area contributed by atoms with Crippen molar-refractivity contribution in [3.05, 3.63) is 29.3 Å². The second-order valence-corrected chi connectivity index (χ2v) is 7.72. The molecule has 2 saturated carbocycles. The van der Waals surface area contributed by atoms with Crippen LogP contribution in [0.25, 0.3) is 0 Å². The van der Waals surface area contributed by atoms with Gasteiger partial charge in [-0.15, -0.1) is 0 Å². The number of phenols is 1. The number of benzene rings is 1. The maximum atomic E-state index is 11.4. The van der Waals surface area contributed by atoms with Crippen LogP contribution in [0.2, 0.25) is 0 Å². The van der Waals surface area contributed by atoms with Gasteiger partial charge in [-0.1, -0.05) is 13.0 Å². The first-order valence-electron chi connectivity index (χ1n) is 8.27. The van der Waals surface area contributed by atoms with Crippen molar-refractivity contribution in [2.75, 3.05) is 0 Å². The minimum atomic E-state index is -1.01. The molecule has 0 radical (unpaired) electrons. The molecule has 1 aromatic carbocycles. The Morgan fingerprint density at radius 3 is 2.68 bits per heavy atom. The van der Waals surface area contributed by atoms with Gasteiger partial charge in [0.15, 0.2) is 0 Å². The normalized spacial score (nSPS) is 46.7. The molecule has 0 bridgehead atoms. The molecule has 3 aliphatic rings. The molecule has 6 atom stereocenters. The van der Waals surface area contributed by atoms with Crippen molar-refractivity contribution in [2.24, 2.45) is 11.3 Å². The van der Waals surface area contributed by atoms with Gasteiger partial charge in [0, 0.05) is 11.3 Å². The Hall–Kier alpha value is -1.10. The first-order chi connectivity index (χ1) is 10.4. The molecule has 120 valence electrons. The minimum absolute atomic E-state index is 0.0997. The summed E-state index contributed by atoms with van der Waals surface area (Å²) in [4.78, 5) is 0. The van der Waals surface area contributed by atoms with E-state index >= 15 is 0 Å². The zero-order valence-electron chi connectivity index (χ0n) is 12.9. The Bertz CT molecular complexity index is 615. The van der Waals surface area contributed by atoms with Gasteiger partial charge in [-0.25, -0.2) is 0 Å². The van der Waals surface area contributed by atoms with Crippen LogP contribution in [0, 0.1) is 11.3 Å². The molecule has 0 saturated heterocycles. The monoisotopic (exact) mass is 304 g/mol. The van der Waals surface area contributed by atoms with Crippen molar-refractivity contribution >= 4 is 0 Å². The average Bonchev–Trinajstić information content (AvgIpc) is 2.70. The lowest BCUT2D eigenvalue weighted by Crippen LogP contribution is -2.61. The summed E-state index contributed by atoms with van der Waals surface area (Å²) in [6.07, 6.45) is 2.11. The molecule has 4 nitrogen and oxygen atoms in total.